The molecule has 2 aliphatic rings. The van der Waals surface area contributed by atoms with Crippen molar-refractivity contribution in [3.63, 3.8) is 0 Å². The Bertz CT molecular complexity index is 1640. The van der Waals surface area contributed by atoms with Crippen LogP contribution in [0.3, 0.4) is 0 Å². The summed E-state index contributed by atoms with van der Waals surface area (Å²) in [6.07, 6.45) is 2.39. The molecule has 2 amide bonds. The minimum absolute atomic E-state index is 0.0766. The van der Waals surface area contributed by atoms with Gasteiger partial charge in [-0.25, -0.2) is 4.98 Å². The van der Waals surface area contributed by atoms with E-state index >= 15 is 0 Å². The van der Waals surface area contributed by atoms with Crippen molar-refractivity contribution >= 4 is 45.3 Å². The van der Waals surface area contributed by atoms with Crippen molar-refractivity contribution in [3.05, 3.63) is 52.2 Å². The highest BCUT2D eigenvalue weighted by Crippen LogP contribution is 2.27. The van der Waals surface area contributed by atoms with Crippen molar-refractivity contribution in [1.29, 1.82) is 0 Å². The van der Waals surface area contributed by atoms with E-state index in [9.17, 15) is 14.4 Å². The van der Waals surface area contributed by atoms with Crippen LogP contribution in [0.15, 0.2) is 41.2 Å². The monoisotopic (exact) mass is 529 g/mol. The summed E-state index contributed by atoms with van der Waals surface area (Å²) >= 11 is 0. The second-order valence-corrected chi connectivity index (χ2v) is 10.7. The van der Waals surface area contributed by atoms with Gasteiger partial charge in [-0.2, -0.15) is 0 Å². The highest BCUT2D eigenvalue weighted by Gasteiger charge is 2.27. The van der Waals surface area contributed by atoms with Crippen LogP contribution in [-0.2, 0) is 11.8 Å². The van der Waals surface area contributed by atoms with Crippen LogP contribution < -0.4 is 10.3 Å². The molecule has 2 fully saturated rings. The number of benzene rings is 1. The number of imidazole rings is 1. The molecule has 5 heterocycles. The smallest absolute Gasteiger partial charge is 0.261 e. The Hall–Kier alpha value is -3.92. The summed E-state index contributed by atoms with van der Waals surface area (Å²) in [4.78, 5) is 52.7. The zero-order chi connectivity index (χ0) is 27.3. The number of carbonyl (C=O) groups is 2. The first-order valence-corrected chi connectivity index (χ1v) is 13.8. The van der Waals surface area contributed by atoms with Gasteiger partial charge in [-0.3, -0.25) is 18.8 Å². The minimum atomic E-state index is -0.297. The molecule has 3 aromatic heterocycles. The molecule has 6 rings (SSSR count). The molecular formula is C29H35N7O3. The number of anilines is 1. The van der Waals surface area contributed by atoms with Crippen LogP contribution in [0.25, 0.3) is 27.7 Å². The number of piperazine rings is 1. The Labute approximate surface area is 227 Å². The number of likely N-dealkylation sites (tertiary alicyclic amines) is 1. The number of aryl methyl sites for hydroxylation is 1. The predicted octanol–water partition coefficient (Wildman–Crippen LogP) is 2.18. The number of rotatable bonds is 5. The van der Waals surface area contributed by atoms with Crippen molar-refractivity contribution in [2.45, 2.75) is 19.8 Å². The molecule has 10 nitrogen and oxygen atoms in total. The lowest BCUT2D eigenvalue weighted by Crippen LogP contribution is -2.48. The Morgan fingerprint density at radius 3 is 2.33 bits per heavy atom. The molecule has 1 aromatic carbocycles. The predicted molar refractivity (Wildman–Crippen MR) is 153 cm³/mol. The lowest BCUT2D eigenvalue weighted by Gasteiger charge is -2.35. The second kappa shape index (κ2) is 10.00. The van der Waals surface area contributed by atoms with Crippen molar-refractivity contribution in [1.82, 2.24) is 28.7 Å². The van der Waals surface area contributed by atoms with Gasteiger partial charge in [0.15, 0.2) is 5.65 Å². The quantitative estimate of drug-likeness (QED) is 0.394. The van der Waals surface area contributed by atoms with Crippen molar-refractivity contribution in [2.75, 3.05) is 64.3 Å². The van der Waals surface area contributed by atoms with E-state index in [1.807, 2.05) is 51.2 Å². The Kier molecular flexibility index (Phi) is 6.50. The van der Waals surface area contributed by atoms with Gasteiger partial charge in [0.1, 0.15) is 17.0 Å². The van der Waals surface area contributed by atoms with Crippen LogP contribution in [0.4, 0.5) is 5.82 Å². The minimum Gasteiger partial charge on any atom is -0.353 e. The highest BCUT2D eigenvalue weighted by molar-refractivity contribution is 6.05. The third-order valence-corrected chi connectivity index (χ3v) is 8.34. The lowest BCUT2D eigenvalue weighted by atomic mass is 10.1. The zero-order valence-electron chi connectivity index (χ0n) is 22.9. The standard InChI is InChI=1S/C29H35N7O3/c1-20(37)34-16-18-35(19-17-34)24-11-10-21-26(38)25(29(39)31(2)14-15-33-12-6-7-13-33)28-32(3)22-8-4-5-9-23(22)36(28)27(21)30-24/h4-5,8-11H,6-7,12-19H2,1-3H3. The fraction of sp³-hybridized carbons (Fsp3) is 0.448. The van der Waals surface area contributed by atoms with E-state index in [0.717, 1.165) is 36.5 Å². The molecule has 0 saturated carbocycles. The average Bonchev–Trinajstić information content (AvgIpc) is 3.58. The number of fused-ring (bicyclic) bond motifs is 5. The van der Waals surface area contributed by atoms with E-state index in [4.69, 9.17) is 4.98 Å². The first-order valence-electron chi connectivity index (χ1n) is 13.8. The first kappa shape index (κ1) is 25.4. The number of carbonyl (C=O) groups excluding carboxylic acids is 2. The van der Waals surface area contributed by atoms with Crippen LogP contribution in [0.1, 0.15) is 30.1 Å². The normalized spacial score (nSPS) is 16.6. The molecule has 4 aromatic rings. The highest BCUT2D eigenvalue weighted by atomic mass is 16.2. The number of hydrogen-bond acceptors (Lipinski definition) is 6. The number of nitrogens with zero attached hydrogens (tertiary/aromatic N) is 7. The van der Waals surface area contributed by atoms with Crippen LogP contribution in [0, 0.1) is 0 Å². The number of hydrogen-bond donors (Lipinski definition) is 0. The summed E-state index contributed by atoms with van der Waals surface area (Å²) in [6.45, 7) is 7.70. The molecule has 10 heteroatoms. The average molecular weight is 530 g/mol. The fourth-order valence-electron chi connectivity index (χ4n) is 6.04. The fourth-order valence-corrected chi connectivity index (χ4v) is 6.04. The number of aromatic nitrogens is 3. The van der Waals surface area contributed by atoms with Gasteiger partial charge >= 0.3 is 0 Å². The summed E-state index contributed by atoms with van der Waals surface area (Å²) < 4.78 is 3.89. The number of likely N-dealkylation sites (N-methyl/N-ethyl adjacent to an activating group) is 1. The number of amides is 2. The van der Waals surface area contributed by atoms with E-state index < -0.39 is 0 Å². The molecule has 39 heavy (non-hydrogen) atoms. The van der Waals surface area contributed by atoms with Gasteiger partial charge in [-0.05, 0) is 50.2 Å². The SMILES string of the molecule is CC(=O)N1CCN(c2ccc3c(=O)c(C(=O)N(C)CCN4CCCC4)c4n(C)c5ccccc5n4c3n2)CC1. The van der Waals surface area contributed by atoms with Gasteiger partial charge in [-0.15, -0.1) is 0 Å². The number of pyridine rings is 2. The maximum absolute atomic E-state index is 14.0. The van der Waals surface area contributed by atoms with Gasteiger partial charge in [0.05, 0.1) is 16.4 Å². The molecule has 0 bridgehead atoms. The maximum atomic E-state index is 14.0. The van der Waals surface area contributed by atoms with E-state index in [0.29, 0.717) is 49.4 Å². The first-order chi connectivity index (χ1) is 18.8. The maximum Gasteiger partial charge on any atom is 0.261 e. The number of para-hydroxylation sites is 2. The molecule has 204 valence electrons. The van der Waals surface area contributed by atoms with E-state index in [2.05, 4.69) is 9.80 Å². The Morgan fingerprint density at radius 2 is 1.64 bits per heavy atom. The van der Waals surface area contributed by atoms with Gasteiger partial charge in [0.2, 0.25) is 11.3 Å². The molecule has 0 N–H and O–H groups in total. The van der Waals surface area contributed by atoms with Crippen LogP contribution in [0.2, 0.25) is 0 Å². The Balaban J connectivity index is 1.47. The van der Waals surface area contributed by atoms with Crippen molar-refractivity contribution < 1.29 is 9.59 Å². The molecule has 2 aliphatic heterocycles. The van der Waals surface area contributed by atoms with Crippen molar-refractivity contribution in [2.24, 2.45) is 7.05 Å². The van der Waals surface area contributed by atoms with Crippen LogP contribution >= 0.6 is 0 Å². The van der Waals surface area contributed by atoms with Gasteiger partial charge in [-0.1, -0.05) is 12.1 Å². The molecular weight excluding hydrogens is 494 g/mol. The van der Waals surface area contributed by atoms with E-state index in [1.54, 1.807) is 24.9 Å². The molecule has 0 aliphatic carbocycles. The van der Waals surface area contributed by atoms with E-state index in [1.165, 1.54) is 12.8 Å². The third kappa shape index (κ3) is 4.32. The largest absolute Gasteiger partial charge is 0.353 e. The second-order valence-electron chi connectivity index (χ2n) is 10.7. The summed E-state index contributed by atoms with van der Waals surface area (Å²) in [5.74, 6) is 0.565. The molecule has 0 spiro atoms. The molecule has 2 saturated heterocycles. The lowest BCUT2D eigenvalue weighted by molar-refractivity contribution is -0.129. The molecule has 0 atom stereocenters. The summed E-state index contributed by atoms with van der Waals surface area (Å²) in [5, 5.41) is 0.422. The molecule has 0 radical (unpaired) electrons. The molecule has 0 unspecified atom stereocenters. The summed E-state index contributed by atoms with van der Waals surface area (Å²) in [5.41, 5.74) is 2.77. The Morgan fingerprint density at radius 1 is 0.949 bits per heavy atom. The zero-order valence-corrected chi connectivity index (χ0v) is 22.9. The van der Waals surface area contributed by atoms with Gasteiger partial charge < -0.3 is 24.2 Å². The summed E-state index contributed by atoms with van der Waals surface area (Å²) in [7, 11) is 3.68. The third-order valence-electron chi connectivity index (χ3n) is 8.34. The topological polar surface area (TPSA) is 86.4 Å². The van der Waals surface area contributed by atoms with E-state index in [-0.39, 0.29) is 22.8 Å². The van der Waals surface area contributed by atoms with Gasteiger partial charge in [0, 0.05) is 60.3 Å². The van der Waals surface area contributed by atoms with Crippen molar-refractivity contribution in [3.8, 4) is 0 Å². The van der Waals surface area contributed by atoms with Crippen LogP contribution in [-0.4, -0.2) is 99.9 Å². The summed E-state index contributed by atoms with van der Waals surface area (Å²) in [6, 6.07) is 11.6. The van der Waals surface area contributed by atoms with Gasteiger partial charge in [0.25, 0.3) is 5.91 Å². The van der Waals surface area contributed by atoms with Crippen LogP contribution in [0.5, 0.6) is 0 Å².